The van der Waals surface area contributed by atoms with Crippen LogP contribution < -0.4 is 11.1 Å². The van der Waals surface area contributed by atoms with Gasteiger partial charge in [0.05, 0.1) is 6.42 Å². The van der Waals surface area contributed by atoms with Gasteiger partial charge in [0.1, 0.15) is 0 Å². The summed E-state index contributed by atoms with van der Waals surface area (Å²) >= 11 is 0. The van der Waals surface area contributed by atoms with Crippen LogP contribution in [0, 0.1) is 6.92 Å². The largest absolute Gasteiger partial charge is 0.354 e. The Hall–Kier alpha value is -1.35. The number of hydrogen-bond donors (Lipinski definition) is 2. The van der Waals surface area contributed by atoms with Crippen LogP contribution in [0.3, 0.4) is 0 Å². The van der Waals surface area contributed by atoms with Crippen molar-refractivity contribution < 1.29 is 4.79 Å². The lowest BCUT2D eigenvalue weighted by Gasteiger charge is -2.11. The van der Waals surface area contributed by atoms with Crippen LogP contribution in [-0.2, 0) is 11.2 Å². The Balaban J connectivity index is 2.34. The standard InChI is InChI=1S/C14H22N2O/c1-3-5-13(15)10-16-14(17)9-12-7-4-6-11(2)8-12/h4,6-8,13H,3,5,9-10,15H2,1-2H3,(H,16,17). The second-order valence-electron chi connectivity index (χ2n) is 4.52. The number of aryl methyl sites for hydroxylation is 1. The molecule has 0 aliphatic heterocycles. The summed E-state index contributed by atoms with van der Waals surface area (Å²) in [6, 6.07) is 8.07. The molecule has 1 unspecified atom stereocenters. The van der Waals surface area contributed by atoms with E-state index in [1.54, 1.807) is 0 Å². The van der Waals surface area contributed by atoms with Crippen LogP contribution in [0.15, 0.2) is 24.3 Å². The molecule has 1 rings (SSSR count). The highest BCUT2D eigenvalue weighted by Gasteiger charge is 2.06. The van der Waals surface area contributed by atoms with Gasteiger partial charge in [0, 0.05) is 12.6 Å². The van der Waals surface area contributed by atoms with Crippen LogP contribution >= 0.6 is 0 Å². The van der Waals surface area contributed by atoms with Gasteiger partial charge in [0.2, 0.25) is 5.91 Å². The highest BCUT2D eigenvalue weighted by atomic mass is 16.1. The summed E-state index contributed by atoms with van der Waals surface area (Å²) in [5, 5.41) is 2.87. The van der Waals surface area contributed by atoms with Crippen LogP contribution in [-0.4, -0.2) is 18.5 Å². The van der Waals surface area contributed by atoms with Gasteiger partial charge in [-0.05, 0) is 18.9 Å². The molecule has 0 saturated heterocycles. The molecule has 0 aromatic heterocycles. The lowest BCUT2D eigenvalue weighted by atomic mass is 10.1. The van der Waals surface area contributed by atoms with Gasteiger partial charge in [-0.15, -0.1) is 0 Å². The molecule has 1 atom stereocenters. The van der Waals surface area contributed by atoms with Crippen LogP contribution in [0.1, 0.15) is 30.9 Å². The fourth-order valence-electron chi connectivity index (χ4n) is 1.79. The summed E-state index contributed by atoms with van der Waals surface area (Å²) < 4.78 is 0. The van der Waals surface area contributed by atoms with E-state index in [-0.39, 0.29) is 11.9 Å². The first kappa shape index (κ1) is 13.7. The van der Waals surface area contributed by atoms with Crippen LogP contribution in [0.5, 0.6) is 0 Å². The summed E-state index contributed by atoms with van der Waals surface area (Å²) in [6.07, 6.45) is 2.43. The van der Waals surface area contributed by atoms with Gasteiger partial charge in [-0.1, -0.05) is 43.2 Å². The van der Waals surface area contributed by atoms with Gasteiger partial charge < -0.3 is 11.1 Å². The Labute approximate surface area is 103 Å². The predicted octanol–water partition coefficient (Wildman–Crippen LogP) is 1.78. The second kappa shape index (κ2) is 7.07. The molecule has 94 valence electrons. The Morgan fingerprint density at radius 2 is 2.24 bits per heavy atom. The molecular formula is C14H22N2O. The van der Waals surface area contributed by atoms with E-state index in [0.717, 1.165) is 18.4 Å². The molecule has 0 radical (unpaired) electrons. The third kappa shape index (κ3) is 5.50. The third-order valence-corrected chi connectivity index (χ3v) is 2.67. The average Bonchev–Trinajstić information content (AvgIpc) is 2.27. The molecule has 0 aliphatic carbocycles. The maximum absolute atomic E-state index is 11.7. The number of rotatable bonds is 6. The van der Waals surface area contributed by atoms with E-state index in [4.69, 9.17) is 5.73 Å². The van der Waals surface area contributed by atoms with Crippen LogP contribution in [0.25, 0.3) is 0 Å². The SMILES string of the molecule is CCCC(N)CNC(=O)Cc1cccc(C)c1. The Bertz CT molecular complexity index is 363. The number of nitrogens with two attached hydrogens (primary N) is 1. The Morgan fingerprint density at radius 3 is 2.88 bits per heavy atom. The molecule has 3 nitrogen and oxygen atoms in total. The second-order valence-corrected chi connectivity index (χ2v) is 4.52. The molecule has 1 aromatic rings. The van der Waals surface area contributed by atoms with E-state index in [1.165, 1.54) is 5.56 Å². The molecule has 3 N–H and O–H groups in total. The fraction of sp³-hybridized carbons (Fsp3) is 0.500. The van der Waals surface area contributed by atoms with E-state index >= 15 is 0 Å². The molecule has 0 bridgehead atoms. The van der Waals surface area contributed by atoms with Gasteiger partial charge in [0.15, 0.2) is 0 Å². The monoisotopic (exact) mass is 234 g/mol. The van der Waals surface area contributed by atoms with Crippen molar-refractivity contribution in [3.8, 4) is 0 Å². The topological polar surface area (TPSA) is 55.1 Å². The smallest absolute Gasteiger partial charge is 0.224 e. The maximum atomic E-state index is 11.7. The van der Waals surface area contributed by atoms with Crippen molar-refractivity contribution in [2.45, 2.75) is 39.2 Å². The lowest BCUT2D eigenvalue weighted by Crippen LogP contribution is -2.37. The Morgan fingerprint density at radius 1 is 1.47 bits per heavy atom. The summed E-state index contributed by atoms with van der Waals surface area (Å²) in [4.78, 5) is 11.7. The first-order chi connectivity index (χ1) is 8.11. The number of hydrogen-bond acceptors (Lipinski definition) is 2. The summed E-state index contributed by atoms with van der Waals surface area (Å²) in [5.74, 6) is 0.0437. The van der Waals surface area contributed by atoms with Crippen molar-refractivity contribution in [3.63, 3.8) is 0 Å². The van der Waals surface area contributed by atoms with Crippen molar-refractivity contribution in [1.82, 2.24) is 5.32 Å². The van der Waals surface area contributed by atoms with Crippen molar-refractivity contribution in [1.29, 1.82) is 0 Å². The van der Waals surface area contributed by atoms with E-state index in [1.807, 2.05) is 31.2 Å². The van der Waals surface area contributed by atoms with Crippen molar-refractivity contribution in [2.75, 3.05) is 6.54 Å². The molecule has 0 spiro atoms. The van der Waals surface area contributed by atoms with Gasteiger partial charge in [0.25, 0.3) is 0 Å². The summed E-state index contributed by atoms with van der Waals surface area (Å²) in [7, 11) is 0. The lowest BCUT2D eigenvalue weighted by molar-refractivity contribution is -0.120. The van der Waals surface area contributed by atoms with Crippen molar-refractivity contribution in [2.24, 2.45) is 5.73 Å². The molecule has 1 aromatic carbocycles. The van der Waals surface area contributed by atoms with E-state index in [0.29, 0.717) is 13.0 Å². The van der Waals surface area contributed by atoms with Crippen molar-refractivity contribution >= 4 is 5.91 Å². The molecule has 17 heavy (non-hydrogen) atoms. The zero-order chi connectivity index (χ0) is 12.7. The minimum Gasteiger partial charge on any atom is -0.354 e. The molecule has 1 amide bonds. The first-order valence-electron chi connectivity index (χ1n) is 6.19. The molecule has 0 aliphatic rings. The van der Waals surface area contributed by atoms with Gasteiger partial charge in [-0.3, -0.25) is 4.79 Å². The zero-order valence-electron chi connectivity index (χ0n) is 10.7. The van der Waals surface area contributed by atoms with Gasteiger partial charge >= 0.3 is 0 Å². The predicted molar refractivity (Wildman–Crippen MR) is 70.8 cm³/mol. The normalized spacial score (nSPS) is 12.2. The Kier molecular flexibility index (Phi) is 5.70. The number of amides is 1. The van der Waals surface area contributed by atoms with E-state index in [9.17, 15) is 4.79 Å². The minimum atomic E-state index is 0.0437. The highest BCUT2D eigenvalue weighted by molar-refractivity contribution is 5.78. The minimum absolute atomic E-state index is 0.0437. The number of carbonyl (C=O) groups is 1. The summed E-state index contributed by atoms with van der Waals surface area (Å²) in [6.45, 7) is 4.69. The number of benzene rings is 1. The van der Waals surface area contributed by atoms with Gasteiger partial charge in [-0.25, -0.2) is 0 Å². The first-order valence-corrected chi connectivity index (χ1v) is 6.19. The van der Waals surface area contributed by atoms with E-state index in [2.05, 4.69) is 12.2 Å². The van der Waals surface area contributed by atoms with Crippen LogP contribution in [0.2, 0.25) is 0 Å². The average molecular weight is 234 g/mol. The number of carbonyl (C=O) groups excluding carboxylic acids is 1. The highest BCUT2D eigenvalue weighted by Crippen LogP contribution is 2.04. The van der Waals surface area contributed by atoms with Crippen LogP contribution in [0.4, 0.5) is 0 Å². The summed E-state index contributed by atoms with van der Waals surface area (Å²) in [5.41, 5.74) is 8.06. The van der Waals surface area contributed by atoms with Gasteiger partial charge in [-0.2, -0.15) is 0 Å². The molecular weight excluding hydrogens is 212 g/mol. The number of nitrogens with one attached hydrogen (secondary N) is 1. The molecule has 0 saturated carbocycles. The molecule has 0 fully saturated rings. The maximum Gasteiger partial charge on any atom is 0.224 e. The van der Waals surface area contributed by atoms with Crippen molar-refractivity contribution in [3.05, 3.63) is 35.4 Å². The van der Waals surface area contributed by atoms with E-state index < -0.39 is 0 Å². The zero-order valence-corrected chi connectivity index (χ0v) is 10.7. The fourth-order valence-corrected chi connectivity index (χ4v) is 1.79. The third-order valence-electron chi connectivity index (χ3n) is 2.67. The molecule has 0 heterocycles. The molecule has 3 heteroatoms. The quantitative estimate of drug-likeness (QED) is 0.788.